The molecule has 2 rings (SSSR count). The van der Waals surface area contributed by atoms with Crippen molar-refractivity contribution < 1.29 is 26.7 Å². The molecule has 5 nitrogen and oxygen atoms in total. The summed E-state index contributed by atoms with van der Waals surface area (Å²) in [5, 5.41) is 0. The number of carbonyl (C=O) groups is 1. The monoisotopic (exact) mass is 341 g/mol. The fourth-order valence-corrected chi connectivity index (χ4v) is 2.85. The third-order valence-electron chi connectivity index (χ3n) is 2.93. The lowest BCUT2D eigenvalue weighted by molar-refractivity contribution is -0.134. The number of hydrogen-bond donors (Lipinski definition) is 0. The van der Waals surface area contributed by atoms with Crippen LogP contribution in [0.4, 0.5) is 8.78 Å². The highest BCUT2D eigenvalue weighted by Gasteiger charge is 2.24. The fraction of sp³-hybridized carbons (Fsp3) is 0.133. The van der Waals surface area contributed by atoms with Gasteiger partial charge in [-0.05, 0) is 36.4 Å². The highest BCUT2D eigenvalue weighted by Crippen LogP contribution is 2.17. The molecule has 8 heteroatoms. The van der Waals surface area contributed by atoms with E-state index in [1.54, 1.807) is 0 Å². The molecule has 0 saturated heterocycles. The maximum absolute atomic E-state index is 13.4. The molecule has 122 valence electrons. The molecule has 0 radical (unpaired) electrons. The number of carbonyl (C=O) groups excluding carboxylic acids is 1. The van der Waals surface area contributed by atoms with Crippen LogP contribution < -0.4 is 4.74 Å². The van der Waals surface area contributed by atoms with Crippen molar-refractivity contribution in [1.82, 2.24) is 4.31 Å². The van der Waals surface area contributed by atoms with E-state index in [1.165, 1.54) is 25.2 Å². The Morgan fingerprint density at radius 3 is 2.30 bits per heavy atom. The lowest BCUT2D eigenvalue weighted by atomic mass is 10.3. The lowest BCUT2D eigenvalue weighted by Crippen LogP contribution is -2.34. The van der Waals surface area contributed by atoms with E-state index >= 15 is 0 Å². The van der Waals surface area contributed by atoms with Gasteiger partial charge in [0.1, 0.15) is 12.4 Å². The second kappa shape index (κ2) is 6.84. The number of halogens is 2. The van der Waals surface area contributed by atoms with Crippen molar-refractivity contribution >= 4 is 16.0 Å². The van der Waals surface area contributed by atoms with Crippen molar-refractivity contribution in [3.05, 3.63) is 60.2 Å². The molecule has 2 aromatic rings. The van der Waals surface area contributed by atoms with Gasteiger partial charge in [-0.15, -0.1) is 0 Å². The van der Waals surface area contributed by atoms with Crippen molar-refractivity contribution in [1.29, 1.82) is 0 Å². The van der Waals surface area contributed by atoms with Gasteiger partial charge in [0, 0.05) is 7.05 Å². The number of ether oxygens (including phenoxy) is 1. The molecule has 0 aliphatic carbocycles. The summed E-state index contributed by atoms with van der Waals surface area (Å²) in [7, 11) is -2.81. The highest BCUT2D eigenvalue weighted by molar-refractivity contribution is 7.89. The SMILES string of the molecule is CN(CC(=O)Oc1ccccc1F)S(=O)(=O)c1ccc(F)cc1. The van der Waals surface area contributed by atoms with Gasteiger partial charge in [-0.3, -0.25) is 4.79 Å². The number of para-hydroxylation sites is 1. The van der Waals surface area contributed by atoms with E-state index in [2.05, 4.69) is 0 Å². The minimum atomic E-state index is -3.98. The van der Waals surface area contributed by atoms with E-state index in [-0.39, 0.29) is 10.6 Å². The van der Waals surface area contributed by atoms with Gasteiger partial charge in [0.15, 0.2) is 11.6 Å². The molecule has 0 heterocycles. The van der Waals surface area contributed by atoms with E-state index in [4.69, 9.17) is 4.74 Å². The Balaban J connectivity index is 2.08. The van der Waals surface area contributed by atoms with Crippen molar-refractivity contribution in [2.45, 2.75) is 4.90 Å². The first-order chi connectivity index (χ1) is 10.8. The van der Waals surface area contributed by atoms with Crippen LogP contribution in [0.5, 0.6) is 5.75 Å². The van der Waals surface area contributed by atoms with Gasteiger partial charge in [-0.1, -0.05) is 12.1 Å². The Hall–Kier alpha value is -2.32. The van der Waals surface area contributed by atoms with Crippen molar-refractivity contribution in [2.75, 3.05) is 13.6 Å². The topological polar surface area (TPSA) is 63.7 Å². The predicted molar refractivity (Wildman–Crippen MR) is 78.3 cm³/mol. The van der Waals surface area contributed by atoms with Crippen molar-refractivity contribution in [2.24, 2.45) is 0 Å². The van der Waals surface area contributed by atoms with Crippen LogP contribution in [0.3, 0.4) is 0 Å². The van der Waals surface area contributed by atoms with Gasteiger partial charge >= 0.3 is 5.97 Å². The second-order valence-corrected chi connectivity index (χ2v) is 6.66. The summed E-state index contributed by atoms with van der Waals surface area (Å²) in [6.07, 6.45) is 0. The fourth-order valence-electron chi connectivity index (χ4n) is 1.74. The molecule has 0 unspecified atom stereocenters. The van der Waals surface area contributed by atoms with Crippen LogP contribution in [-0.4, -0.2) is 32.3 Å². The summed E-state index contributed by atoms with van der Waals surface area (Å²) in [6, 6.07) is 9.44. The second-order valence-electron chi connectivity index (χ2n) is 4.62. The molecule has 0 atom stereocenters. The van der Waals surface area contributed by atoms with Gasteiger partial charge in [0.25, 0.3) is 0 Å². The molecule has 0 saturated carbocycles. The van der Waals surface area contributed by atoms with E-state index in [1.807, 2.05) is 0 Å². The molecule has 0 aliphatic heterocycles. The number of hydrogen-bond acceptors (Lipinski definition) is 4. The smallest absolute Gasteiger partial charge is 0.326 e. The lowest BCUT2D eigenvalue weighted by Gasteiger charge is -2.16. The zero-order chi connectivity index (χ0) is 17.0. The molecule has 0 N–H and O–H groups in total. The van der Waals surface area contributed by atoms with Crippen LogP contribution in [0.15, 0.2) is 53.4 Å². The minimum absolute atomic E-state index is 0.167. The summed E-state index contributed by atoms with van der Waals surface area (Å²) >= 11 is 0. The first-order valence-electron chi connectivity index (χ1n) is 6.48. The standard InChI is InChI=1S/C15H13F2NO4S/c1-18(23(20,21)12-8-6-11(16)7-9-12)10-15(19)22-14-5-3-2-4-13(14)17/h2-9H,10H2,1H3. The van der Waals surface area contributed by atoms with Gasteiger partial charge < -0.3 is 4.74 Å². The first-order valence-corrected chi connectivity index (χ1v) is 7.92. The summed E-state index contributed by atoms with van der Waals surface area (Å²) < 4.78 is 56.2. The minimum Gasteiger partial charge on any atom is -0.422 e. The van der Waals surface area contributed by atoms with Crippen LogP contribution in [-0.2, 0) is 14.8 Å². The molecule has 0 amide bonds. The number of likely N-dealkylation sites (N-methyl/N-ethyl adjacent to an activating group) is 1. The molecule has 0 spiro atoms. The number of esters is 1. The van der Waals surface area contributed by atoms with Crippen LogP contribution in [0.1, 0.15) is 0 Å². The average Bonchev–Trinajstić information content (AvgIpc) is 2.50. The van der Waals surface area contributed by atoms with Gasteiger partial charge in [0.05, 0.1) is 4.90 Å². The van der Waals surface area contributed by atoms with Crippen molar-refractivity contribution in [3.8, 4) is 5.75 Å². The predicted octanol–water partition coefficient (Wildman–Crippen LogP) is 2.19. The Bertz CT molecular complexity index is 806. The van der Waals surface area contributed by atoms with Gasteiger partial charge in [-0.2, -0.15) is 4.31 Å². The number of benzene rings is 2. The van der Waals surface area contributed by atoms with E-state index in [0.29, 0.717) is 0 Å². The number of nitrogens with zero attached hydrogens (tertiary/aromatic N) is 1. The summed E-state index contributed by atoms with van der Waals surface area (Å²) in [6.45, 7) is -0.617. The zero-order valence-corrected chi connectivity index (χ0v) is 12.9. The molecule has 23 heavy (non-hydrogen) atoms. The van der Waals surface area contributed by atoms with Crippen LogP contribution in [0.25, 0.3) is 0 Å². The maximum Gasteiger partial charge on any atom is 0.326 e. The van der Waals surface area contributed by atoms with Gasteiger partial charge in [0.2, 0.25) is 10.0 Å². The molecule has 0 fully saturated rings. The van der Waals surface area contributed by atoms with E-state index in [0.717, 1.165) is 34.6 Å². The van der Waals surface area contributed by atoms with Crippen LogP contribution in [0, 0.1) is 11.6 Å². The van der Waals surface area contributed by atoms with Gasteiger partial charge in [-0.25, -0.2) is 17.2 Å². The summed E-state index contributed by atoms with van der Waals surface area (Å²) in [5.74, 6) is -2.54. The Morgan fingerprint density at radius 1 is 1.09 bits per heavy atom. The molecule has 2 aromatic carbocycles. The molecule has 0 aliphatic rings. The highest BCUT2D eigenvalue weighted by atomic mass is 32.2. The quantitative estimate of drug-likeness (QED) is 0.618. The maximum atomic E-state index is 13.4. The third-order valence-corrected chi connectivity index (χ3v) is 4.75. The van der Waals surface area contributed by atoms with Crippen LogP contribution >= 0.6 is 0 Å². The largest absolute Gasteiger partial charge is 0.422 e. The molecular formula is C15H13F2NO4S. The summed E-state index contributed by atoms with van der Waals surface area (Å²) in [4.78, 5) is 11.6. The number of sulfonamides is 1. The number of rotatable bonds is 5. The average molecular weight is 341 g/mol. The first kappa shape index (κ1) is 17.0. The molecule has 0 aromatic heterocycles. The zero-order valence-electron chi connectivity index (χ0n) is 12.1. The van der Waals surface area contributed by atoms with E-state index in [9.17, 15) is 22.0 Å². The normalized spacial score (nSPS) is 11.5. The summed E-state index contributed by atoms with van der Waals surface area (Å²) in [5.41, 5.74) is 0. The van der Waals surface area contributed by atoms with E-state index < -0.39 is 34.2 Å². The third kappa shape index (κ3) is 4.11. The Morgan fingerprint density at radius 2 is 1.70 bits per heavy atom. The Kier molecular flexibility index (Phi) is 5.07. The van der Waals surface area contributed by atoms with Crippen LogP contribution in [0.2, 0.25) is 0 Å². The molecule has 0 bridgehead atoms. The molecular weight excluding hydrogens is 328 g/mol. The Labute approximate surface area is 132 Å². The van der Waals surface area contributed by atoms with Crippen molar-refractivity contribution in [3.63, 3.8) is 0 Å².